The highest BCUT2D eigenvalue weighted by Crippen LogP contribution is 2.47. The van der Waals surface area contributed by atoms with Gasteiger partial charge in [-0.25, -0.2) is 9.79 Å². The lowest BCUT2D eigenvalue weighted by atomic mass is 9.91. The van der Waals surface area contributed by atoms with Gasteiger partial charge in [-0.05, 0) is 37.0 Å². The number of nitrogens with one attached hydrogen (secondary N) is 1. The average molecular weight is 514 g/mol. The summed E-state index contributed by atoms with van der Waals surface area (Å²) < 4.78 is 10.9. The number of aryl methyl sites for hydroxylation is 1. The van der Waals surface area contributed by atoms with Gasteiger partial charge >= 0.3 is 5.97 Å². The van der Waals surface area contributed by atoms with E-state index >= 15 is 0 Å². The van der Waals surface area contributed by atoms with Crippen molar-refractivity contribution in [3.05, 3.63) is 112 Å². The van der Waals surface area contributed by atoms with Crippen LogP contribution in [0.1, 0.15) is 41.8 Å². The van der Waals surface area contributed by atoms with E-state index in [9.17, 15) is 9.59 Å². The highest BCUT2D eigenvalue weighted by Gasteiger charge is 2.42. The number of hydrogen-bond acceptors (Lipinski definition) is 7. The number of amidine groups is 1. The molecule has 8 heteroatoms. The summed E-state index contributed by atoms with van der Waals surface area (Å²) in [5.74, 6) is 0.108. The number of benzene rings is 2. The van der Waals surface area contributed by atoms with E-state index < -0.39 is 12.0 Å². The quantitative estimate of drug-likeness (QED) is 0.397. The van der Waals surface area contributed by atoms with Crippen LogP contribution in [0, 0.1) is 6.92 Å². The Bertz CT molecular complexity index is 1380. The third-order valence-corrected chi connectivity index (χ3v) is 7.02. The molecule has 3 heterocycles. The third-order valence-electron chi connectivity index (χ3n) is 6.13. The number of furan rings is 1. The fourth-order valence-electron chi connectivity index (χ4n) is 4.38. The molecule has 3 aromatic rings. The van der Waals surface area contributed by atoms with Crippen LogP contribution in [0.3, 0.4) is 0 Å². The zero-order chi connectivity index (χ0) is 25.8. The molecule has 37 heavy (non-hydrogen) atoms. The maximum Gasteiger partial charge on any atom is 0.338 e. The highest BCUT2D eigenvalue weighted by molar-refractivity contribution is 8.16. The first-order chi connectivity index (χ1) is 18.0. The number of thioether (sulfide) groups is 1. The van der Waals surface area contributed by atoms with Gasteiger partial charge in [-0.15, -0.1) is 0 Å². The molecule has 2 aliphatic rings. The van der Waals surface area contributed by atoms with Crippen LogP contribution in [0.15, 0.2) is 99.1 Å². The van der Waals surface area contributed by atoms with Crippen LogP contribution in [0.25, 0.3) is 5.70 Å². The molecule has 0 aliphatic carbocycles. The van der Waals surface area contributed by atoms with E-state index in [0.717, 1.165) is 22.4 Å². The van der Waals surface area contributed by atoms with Crippen LogP contribution in [0.2, 0.25) is 0 Å². The summed E-state index contributed by atoms with van der Waals surface area (Å²) in [6, 6.07) is 20.8. The van der Waals surface area contributed by atoms with Crippen molar-refractivity contribution < 1.29 is 18.7 Å². The SMILES string of the molecule is CCOC(=O)C1=C(c2ccccc2)N=C2SC=C(CC(=O)NCc3ccco3)N2C1c1ccc(C)cc1. The number of carbonyl (C=O) groups is 2. The lowest BCUT2D eigenvalue weighted by Gasteiger charge is -2.36. The molecule has 7 nitrogen and oxygen atoms in total. The molecular weight excluding hydrogens is 486 g/mol. The number of carbonyl (C=O) groups excluding carboxylic acids is 2. The fraction of sp³-hybridized carbons (Fsp3) is 0.207. The molecule has 2 aliphatic heterocycles. The van der Waals surface area contributed by atoms with E-state index in [0.29, 0.717) is 28.7 Å². The van der Waals surface area contributed by atoms with Crippen molar-refractivity contribution in [1.82, 2.24) is 10.2 Å². The fourth-order valence-corrected chi connectivity index (χ4v) is 5.30. The number of amides is 1. The van der Waals surface area contributed by atoms with Gasteiger partial charge in [0.05, 0.1) is 43.1 Å². The topological polar surface area (TPSA) is 84.1 Å². The van der Waals surface area contributed by atoms with E-state index in [1.807, 2.05) is 77.9 Å². The Balaban J connectivity index is 1.54. The van der Waals surface area contributed by atoms with Crippen molar-refractivity contribution in [1.29, 1.82) is 0 Å². The molecule has 0 radical (unpaired) electrons. The predicted molar refractivity (Wildman–Crippen MR) is 144 cm³/mol. The zero-order valence-electron chi connectivity index (χ0n) is 20.6. The van der Waals surface area contributed by atoms with Gasteiger partial charge in [0.25, 0.3) is 0 Å². The second-order valence-electron chi connectivity index (χ2n) is 8.69. The Labute approximate surface area is 219 Å². The molecule has 0 bridgehead atoms. The van der Waals surface area contributed by atoms with Crippen molar-refractivity contribution in [2.24, 2.45) is 4.99 Å². The second-order valence-corrected chi connectivity index (χ2v) is 9.52. The molecule has 0 spiro atoms. The Hall–Kier alpha value is -4.04. The van der Waals surface area contributed by atoms with Crippen LogP contribution in [0.4, 0.5) is 0 Å². The van der Waals surface area contributed by atoms with Gasteiger partial charge in [0.2, 0.25) is 5.91 Å². The molecule has 5 rings (SSSR count). The zero-order valence-corrected chi connectivity index (χ0v) is 21.5. The second kappa shape index (κ2) is 10.9. The van der Waals surface area contributed by atoms with Gasteiger partial charge in [-0.1, -0.05) is 71.9 Å². The number of aliphatic imine (C=N–C) groups is 1. The summed E-state index contributed by atoms with van der Waals surface area (Å²) in [5.41, 5.74) is 4.66. The van der Waals surface area contributed by atoms with Gasteiger partial charge in [0.15, 0.2) is 5.17 Å². The van der Waals surface area contributed by atoms with Gasteiger partial charge in [0.1, 0.15) is 5.76 Å². The van der Waals surface area contributed by atoms with Crippen molar-refractivity contribution in [3.63, 3.8) is 0 Å². The molecular formula is C29H27N3O4S. The van der Waals surface area contributed by atoms with Gasteiger partial charge in [0, 0.05) is 11.3 Å². The summed E-state index contributed by atoms with van der Waals surface area (Å²) in [6.45, 7) is 4.36. The van der Waals surface area contributed by atoms with Gasteiger partial charge in [-0.3, -0.25) is 4.79 Å². The minimum atomic E-state index is -0.499. The molecule has 188 valence electrons. The monoisotopic (exact) mass is 513 g/mol. The number of esters is 1. The van der Waals surface area contributed by atoms with Crippen LogP contribution in [0.5, 0.6) is 0 Å². The summed E-state index contributed by atoms with van der Waals surface area (Å²) in [4.78, 5) is 33.3. The third kappa shape index (κ3) is 5.24. The molecule has 0 saturated carbocycles. The predicted octanol–water partition coefficient (Wildman–Crippen LogP) is 5.57. The summed E-state index contributed by atoms with van der Waals surface area (Å²) in [6.07, 6.45) is 1.71. The molecule has 2 aromatic carbocycles. The number of ether oxygens (including phenoxy) is 1. The Morgan fingerprint density at radius 1 is 1.08 bits per heavy atom. The number of hydrogen-bond donors (Lipinski definition) is 1. The molecule has 1 N–H and O–H groups in total. The first-order valence-corrected chi connectivity index (χ1v) is 13.0. The van der Waals surface area contributed by atoms with Crippen LogP contribution in [-0.2, 0) is 20.9 Å². The van der Waals surface area contributed by atoms with Crippen molar-refractivity contribution in [2.45, 2.75) is 32.9 Å². The Morgan fingerprint density at radius 2 is 1.86 bits per heavy atom. The Kier molecular flexibility index (Phi) is 7.28. The minimum absolute atomic E-state index is 0.131. The van der Waals surface area contributed by atoms with Crippen LogP contribution >= 0.6 is 11.8 Å². The van der Waals surface area contributed by atoms with Crippen molar-refractivity contribution in [2.75, 3.05) is 6.61 Å². The van der Waals surface area contributed by atoms with E-state index in [2.05, 4.69) is 5.32 Å². The first kappa shape index (κ1) is 24.6. The average Bonchev–Trinajstić information content (AvgIpc) is 3.58. The van der Waals surface area contributed by atoms with E-state index in [1.165, 1.54) is 11.8 Å². The number of fused-ring (bicyclic) bond motifs is 1. The lowest BCUT2D eigenvalue weighted by Crippen LogP contribution is -2.38. The van der Waals surface area contributed by atoms with Gasteiger partial charge in [-0.2, -0.15) is 0 Å². The molecule has 0 saturated heterocycles. The maximum absolute atomic E-state index is 13.5. The van der Waals surface area contributed by atoms with Crippen molar-refractivity contribution >= 4 is 34.5 Å². The van der Waals surface area contributed by atoms with E-state index in [1.54, 1.807) is 19.3 Å². The normalized spacial score (nSPS) is 16.7. The smallest absolute Gasteiger partial charge is 0.338 e. The number of rotatable bonds is 8. The summed E-state index contributed by atoms with van der Waals surface area (Å²) in [7, 11) is 0. The lowest BCUT2D eigenvalue weighted by molar-refractivity contribution is -0.139. The van der Waals surface area contributed by atoms with Gasteiger partial charge < -0.3 is 19.4 Å². The summed E-state index contributed by atoms with van der Waals surface area (Å²) in [5, 5.41) is 5.55. The number of nitrogens with zero attached hydrogens (tertiary/aromatic N) is 2. The van der Waals surface area contributed by atoms with E-state index in [4.69, 9.17) is 14.1 Å². The largest absolute Gasteiger partial charge is 0.467 e. The van der Waals surface area contributed by atoms with Crippen molar-refractivity contribution in [3.8, 4) is 0 Å². The Morgan fingerprint density at radius 3 is 2.57 bits per heavy atom. The standard InChI is InChI=1S/C29H27N3O4S/c1-3-35-28(34)25-26(20-8-5-4-6-9-20)31-29-32(27(25)21-13-11-19(2)12-14-21)22(18-37-29)16-24(33)30-17-23-10-7-15-36-23/h4-15,18,27H,3,16-17H2,1-2H3,(H,30,33). The molecule has 0 fully saturated rings. The summed E-state index contributed by atoms with van der Waals surface area (Å²) >= 11 is 1.45. The molecule has 1 unspecified atom stereocenters. The van der Waals surface area contributed by atoms with Crippen LogP contribution in [-0.4, -0.2) is 28.6 Å². The first-order valence-electron chi connectivity index (χ1n) is 12.1. The molecule has 1 amide bonds. The minimum Gasteiger partial charge on any atom is -0.467 e. The highest BCUT2D eigenvalue weighted by atomic mass is 32.2. The van der Waals surface area contributed by atoms with E-state index in [-0.39, 0.29) is 18.9 Å². The molecule has 1 atom stereocenters. The molecule has 1 aromatic heterocycles. The maximum atomic E-state index is 13.5. The van der Waals surface area contributed by atoms with Crippen LogP contribution < -0.4 is 5.32 Å².